The molecule has 132 valence electrons. The maximum absolute atomic E-state index is 12.3. The minimum atomic E-state index is -1.07. The van der Waals surface area contributed by atoms with E-state index < -0.39 is 12.0 Å². The first kappa shape index (κ1) is 18.7. The Morgan fingerprint density at radius 3 is 2.33 bits per heavy atom. The minimum absolute atomic E-state index is 0.208. The average molecular weight is 353 g/mol. The van der Waals surface area contributed by atoms with Crippen molar-refractivity contribution < 1.29 is 14.7 Å². The van der Waals surface area contributed by atoms with Gasteiger partial charge in [-0.15, -0.1) is 0 Å². The van der Waals surface area contributed by atoms with Gasteiger partial charge in [0.1, 0.15) is 0 Å². The molecule has 1 aliphatic heterocycles. The maximum Gasteiger partial charge on any atom is 0.330 e. The van der Waals surface area contributed by atoms with Gasteiger partial charge in [-0.3, -0.25) is 4.79 Å². The molecular weight excluding hydrogens is 328 g/mol. The highest BCUT2D eigenvalue weighted by molar-refractivity contribution is 6.30. The molecule has 1 amide bonds. The van der Waals surface area contributed by atoms with E-state index in [1.54, 1.807) is 24.3 Å². The molecule has 0 bridgehead atoms. The quantitative estimate of drug-likeness (QED) is 0.825. The zero-order valence-corrected chi connectivity index (χ0v) is 14.9. The number of hydrogen-bond donors (Lipinski definition) is 2. The molecule has 6 heteroatoms. The Morgan fingerprint density at radius 1 is 1.25 bits per heavy atom. The third-order valence-corrected chi connectivity index (χ3v) is 4.86. The van der Waals surface area contributed by atoms with Crippen molar-refractivity contribution in [2.75, 3.05) is 13.1 Å². The largest absolute Gasteiger partial charge is 0.479 e. The normalized spacial score (nSPS) is 17.7. The van der Waals surface area contributed by atoms with Crippen molar-refractivity contribution >= 4 is 23.5 Å². The number of carbonyl (C=O) groups excluding carboxylic acids is 1. The molecule has 0 saturated carbocycles. The van der Waals surface area contributed by atoms with E-state index in [0.717, 1.165) is 25.9 Å². The van der Waals surface area contributed by atoms with E-state index in [2.05, 4.69) is 24.1 Å². The smallest absolute Gasteiger partial charge is 0.330 e. The fourth-order valence-corrected chi connectivity index (χ4v) is 3.22. The molecule has 1 aliphatic rings. The molecule has 1 unspecified atom stereocenters. The van der Waals surface area contributed by atoms with Crippen molar-refractivity contribution in [3.63, 3.8) is 0 Å². The van der Waals surface area contributed by atoms with Gasteiger partial charge in [0, 0.05) is 17.5 Å². The van der Waals surface area contributed by atoms with Gasteiger partial charge in [0.15, 0.2) is 6.04 Å². The monoisotopic (exact) mass is 352 g/mol. The van der Waals surface area contributed by atoms with Crippen LogP contribution in [-0.2, 0) is 9.59 Å². The van der Waals surface area contributed by atoms with E-state index in [4.69, 9.17) is 11.6 Å². The molecule has 0 aliphatic carbocycles. The van der Waals surface area contributed by atoms with E-state index in [1.165, 1.54) is 0 Å². The zero-order chi connectivity index (χ0) is 17.7. The second kappa shape index (κ2) is 8.49. The number of likely N-dealkylation sites (tertiary alicyclic amines) is 1. The fraction of sp³-hybridized carbons (Fsp3) is 0.556. The molecule has 0 aromatic heterocycles. The number of nitrogens with one attached hydrogen (secondary N) is 1. The first-order valence-corrected chi connectivity index (χ1v) is 8.76. The van der Waals surface area contributed by atoms with Gasteiger partial charge in [0.2, 0.25) is 5.91 Å². The molecule has 1 saturated heterocycles. The number of aliphatic carboxylic acids is 1. The summed E-state index contributed by atoms with van der Waals surface area (Å²) in [7, 11) is 0. The first-order chi connectivity index (χ1) is 11.4. The van der Waals surface area contributed by atoms with Crippen molar-refractivity contribution in [3.05, 3.63) is 34.9 Å². The SMILES string of the molecule is CC(C)N1CCC(CC(=O)NC(C(=O)O)c2ccc(Cl)cc2)CC1. The number of carboxylic acids is 1. The molecule has 1 aromatic rings. The third-order valence-electron chi connectivity index (χ3n) is 4.61. The average Bonchev–Trinajstić information content (AvgIpc) is 2.54. The highest BCUT2D eigenvalue weighted by Crippen LogP contribution is 2.23. The first-order valence-electron chi connectivity index (χ1n) is 8.38. The molecule has 0 radical (unpaired) electrons. The number of nitrogens with zero attached hydrogens (tertiary/aromatic N) is 1. The zero-order valence-electron chi connectivity index (χ0n) is 14.2. The summed E-state index contributed by atoms with van der Waals surface area (Å²) in [4.78, 5) is 26.1. The van der Waals surface area contributed by atoms with Crippen LogP contribution in [0.25, 0.3) is 0 Å². The van der Waals surface area contributed by atoms with E-state index >= 15 is 0 Å². The van der Waals surface area contributed by atoms with Crippen LogP contribution in [0.1, 0.15) is 44.7 Å². The van der Waals surface area contributed by atoms with Crippen molar-refractivity contribution in [2.45, 2.75) is 45.2 Å². The van der Waals surface area contributed by atoms with Crippen LogP contribution in [0.5, 0.6) is 0 Å². The number of halogens is 1. The topological polar surface area (TPSA) is 69.6 Å². The van der Waals surface area contributed by atoms with Crippen molar-refractivity contribution in [1.82, 2.24) is 10.2 Å². The van der Waals surface area contributed by atoms with Gasteiger partial charge in [-0.05, 0) is 63.4 Å². The molecule has 0 spiro atoms. The Morgan fingerprint density at radius 2 is 1.83 bits per heavy atom. The number of amides is 1. The van der Waals surface area contributed by atoms with Crippen LogP contribution >= 0.6 is 11.6 Å². The van der Waals surface area contributed by atoms with Gasteiger partial charge in [0.05, 0.1) is 0 Å². The van der Waals surface area contributed by atoms with E-state index in [1.807, 2.05) is 0 Å². The lowest BCUT2D eigenvalue weighted by atomic mass is 9.92. The fourth-order valence-electron chi connectivity index (χ4n) is 3.10. The molecule has 2 N–H and O–H groups in total. The standard InChI is InChI=1S/C18H25ClN2O3/c1-12(2)21-9-7-13(8-10-21)11-16(22)20-17(18(23)24)14-3-5-15(19)6-4-14/h3-6,12-13,17H,7-11H2,1-2H3,(H,20,22)(H,23,24). The van der Waals surface area contributed by atoms with Gasteiger partial charge in [-0.25, -0.2) is 4.79 Å². The Labute approximate surface area is 148 Å². The molecule has 5 nitrogen and oxygen atoms in total. The minimum Gasteiger partial charge on any atom is -0.479 e. The summed E-state index contributed by atoms with van der Waals surface area (Å²) in [6.45, 7) is 6.34. The predicted octanol–water partition coefficient (Wildman–Crippen LogP) is 3.09. The van der Waals surface area contributed by atoms with Crippen LogP contribution in [0.2, 0.25) is 5.02 Å². The van der Waals surface area contributed by atoms with E-state index in [-0.39, 0.29) is 5.91 Å². The van der Waals surface area contributed by atoms with Crippen molar-refractivity contribution in [1.29, 1.82) is 0 Å². The molecule has 1 aromatic carbocycles. The second-order valence-corrected chi connectivity index (χ2v) is 7.10. The van der Waals surface area contributed by atoms with Crippen molar-refractivity contribution in [3.8, 4) is 0 Å². The number of piperidine rings is 1. The number of hydrogen-bond acceptors (Lipinski definition) is 3. The number of carboxylic acid groups (broad SMARTS) is 1. The predicted molar refractivity (Wildman–Crippen MR) is 94.0 cm³/mol. The third kappa shape index (κ3) is 5.21. The highest BCUT2D eigenvalue weighted by atomic mass is 35.5. The Balaban J connectivity index is 1.90. The van der Waals surface area contributed by atoms with Crippen LogP contribution < -0.4 is 5.32 Å². The van der Waals surface area contributed by atoms with Gasteiger partial charge in [-0.2, -0.15) is 0 Å². The van der Waals surface area contributed by atoms with Crippen LogP contribution in [0, 0.1) is 5.92 Å². The molecule has 1 heterocycles. The lowest BCUT2D eigenvalue weighted by molar-refractivity contribution is -0.142. The Bertz CT molecular complexity index is 566. The maximum atomic E-state index is 12.3. The van der Waals surface area contributed by atoms with Gasteiger partial charge in [0.25, 0.3) is 0 Å². The van der Waals surface area contributed by atoms with E-state index in [0.29, 0.717) is 29.0 Å². The molecule has 1 fully saturated rings. The summed E-state index contributed by atoms with van der Waals surface area (Å²) in [5, 5.41) is 12.6. The van der Waals surface area contributed by atoms with Crippen LogP contribution in [0.3, 0.4) is 0 Å². The summed E-state index contributed by atoms with van der Waals surface area (Å²) < 4.78 is 0. The van der Waals surface area contributed by atoms with Gasteiger partial charge >= 0.3 is 5.97 Å². The van der Waals surface area contributed by atoms with Crippen LogP contribution in [0.15, 0.2) is 24.3 Å². The summed E-state index contributed by atoms with van der Waals surface area (Å²) >= 11 is 5.83. The lowest BCUT2D eigenvalue weighted by Crippen LogP contribution is -2.40. The lowest BCUT2D eigenvalue weighted by Gasteiger charge is -2.34. The van der Waals surface area contributed by atoms with Crippen LogP contribution in [-0.4, -0.2) is 41.0 Å². The summed E-state index contributed by atoms with van der Waals surface area (Å²) in [6, 6.07) is 6.00. The molecule has 24 heavy (non-hydrogen) atoms. The highest BCUT2D eigenvalue weighted by Gasteiger charge is 2.26. The molecular formula is C18H25ClN2O3. The van der Waals surface area contributed by atoms with Gasteiger partial charge in [-0.1, -0.05) is 23.7 Å². The Kier molecular flexibility index (Phi) is 6.63. The Hall–Kier alpha value is -1.59. The summed E-state index contributed by atoms with van der Waals surface area (Å²) in [6.07, 6.45) is 2.33. The summed E-state index contributed by atoms with van der Waals surface area (Å²) in [5.41, 5.74) is 0.523. The van der Waals surface area contributed by atoms with Gasteiger partial charge < -0.3 is 15.3 Å². The molecule has 1 atom stereocenters. The number of carbonyl (C=O) groups is 2. The number of benzene rings is 1. The summed E-state index contributed by atoms with van der Waals surface area (Å²) in [5.74, 6) is -0.958. The number of rotatable bonds is 6. The van der Waals surface area contributed by atoms with Crippen molar-refractivity contribution in [2.24, 2.45) is 5.92 Å². The van der Waals surface area contributed by atoms with E-state index in [9.17, 15) is 14.7 Å². The molecule has 2 rings (SSSR count). The van der Waals surface area contributed by atoms with Crippen LogP contribution in [0.4, 0.5) is 0 Å². The second-order valence-electron chi connectivity index (χ2n) is 6.67.